The SMILES string of the molecule is CCC(C)C(CNC(CCSC)(C(=O)O)C(=O)[C@@H]1CCCCN1)NC[C@H](N)CS. The lowest BCUT2D eigenvalue weighted by molar-refractivity contribution is -0.151. The van der Waals surface area contributed by atoms with E-state index in [1.807, 2.05) is 6.26 Å². The Hall–Kier alpha value is -0.320. The van der Waals surface area contributed by atoms with Gasteiger partial charge in [0.05, 0.1) is 6.04 Å². The van der Waals surface area contributed by atoms with Crippen LogP contribution in [0.2, 0.25) is 0 Å². The molecule has 170 valence electrons. The van der Waals surface area contributed by atoms with Crippen LogP contribution in [0.1, 0.15) is 46.0 Å². The Bertz CT molecular complexity index is 506. The van der Waals surface area contributed by atoms with Gasteiger partial charge in [0.2, 0.25) is 0 Å². The van der Waals surface area contributed by atoms with Crippen LogP contribution in [0.15, 0.2) is 0 Å². The molecule has 0 saturated carbocycles. The summed E-state index contributed by atoms with van der Waals surface area (Å²) in [7, 11) is 0. The highest BCUT2D eigenvalue weighted by Crippen LogP contribution is 2.22. The Morgan fingerprint density at radius 2 is 2.10 bits per heavy atom. The number of piperidine rings is 1. The zero-order chi connectivity index (χ0) is 21.9. The summed E-state index contributed by atoms with van der Waals surface area (Å²) in [4.78, 5) is 25.8. The first-order chi connectivity index (χ1) is 13.8. The molecule has 1 aliphatic rings. The molecule has 7 nitrogen and oxygen atoms in total. The molecule has 9 heteroatoms. The molecule has 0 spiro atoms. The molecule has 0 aromatic heterocycles. The monoisotopic (exact) mass is 448 g/mol. The fraction of sp³-hybridized carbons (Fsp3) is 0.900. The third-order valence-electron chi connectivity index (χ3n) is 5.93. The van der Waals surface area contributed by atoms with E-state index in [0.717, 1.165) is 25.8 Å². The number of carboxylic acids is 1. The largest absolute Gasteiger partial charge is 0.480 e. The Kier molecular flexibility index (Phi) is 12.8. The van der Waals surface area contributed by atoms with Crippen molar-refractivity contribution in [3.63, 3.8) is 0 Å². The fourth-order valence-electron chi connectivity index (χ4n) is 3.63. The zero-order valence-corrected chi connectivity index (χ0v) is 19.8. The second kappa shape index (κ2) is 13.9. The molecule has 0 aromatic rings. The van der Waals surface area contributed by atoms with Crippen molar-refractivity contribution in [2.45, 2.75) is 69.6 Å². The van der Waals surface area contributed by atoms with Gasteiger partial charge in [0.1, 0.15) is 0 Å². The maximum Gasteiger partial charge on any atom is 0.331 e. The van der Waals surface area contributed by atoms with Crippen LogP contribution in [0.3, 0.4) is 0 Å². The first-order valence-corrected chi connectivity index (χ1v) is 12.7. The number of Topliss-reactive ketones (excluding diaryl/α,β-unsaturated/α-hetero) is 1. The third kappa shape index (κ3) is 8.03. The van der Waals surface area contributed by atoms with Gasteiger partial charge in [-0.05, 0) is 43.7 Å². The Balaban J connectivity index is 3.00. The van der Waals surface area contributed by atoms with E-state index in [-0.39, 0.29) is 24.3 Å². The van der Waals surface area contributed by atoms with Gasteiger partial charge >= 0.3 is 5.97 Å². The molecule has 3 unspecified atom stereocenters. The van der Waals surface area contributed by atoms with Crippen molar-refractivity contribution in [1.29, 1.82) is 0 Å². The lowest BCUT2D eigenvalue weighted by Crippen LogP contribution is -2.66. The number of nitrogens with one attached hydrogen (secondary N) is 3. The maximum absolute atomic E-state index is 13.4. The standard InChI is InChI=1S/C20H40N4O3S2/c1-4-14(2)17(23-11-15(21)13-28)12-24-20(19(26)27,8-10-29-3)18(25)16-7-5-6-9-22-16/h14-17,22-24,28H,4-13,21H2,1-3H3,(H,26,27)/t14?,15-,16-,17?,20?/m0/s1. The number of carbonyl (C=O) groups is 2. The van der Waals surface area contributed by atoms with E-state index in [1.54, 1.807) is 11.8 Å². The van der Waals surface area contributed by atoms with Crippen LogP contribution in [-0.4, -0.2) is 77.9 Å². The number of aliphatic carboxylic acids is 1. The first kappa shape index (κ1) is 26.7. The molecule has 1 aliphatic heterocycles. The van der Waals surface area contributed by atoms with Crippen LogP contribution >= 0.6 is 24.4 Å². The lowest BCUT2D eigenvalue weighted by atomic mass is 9.83. The van der Waals surface area contributed by atoms with E-state index in [2.05, 4.69) is 42.4 Å². The van der Waals surface area contributed by atoms with Gasteiger partial charge in [0.25, 0.3) is 0 Å². The van der Waals surface area contributed by atoms with Gasteiger partial charge in [-0.25, -0.2) is 4.79 Å². The number of thioether (sulfide) groups is 1. The molecule has 0 radical (unpaired) electrons. The summed E-state index contributed by atoms with van der Waals surface area (Å²) in [5.41, 5.74) is 4.41. The van der Waals surface area contributed by atoms with Crippen molar-refractivity contribution in [3.05, 3.63) is 0 Å². The van der Waals surface area contributed by atoms with Gasteiger partial charge in [0.15, 0.2) is 11.3 Å². The number of ketones is 1. The van der Waals surface area contributed by atoms with Crippen LogP contribution in [0.4, 0.5) is 0 Å². The molecule has 0 amide bonds. The number of nitrogens with two attached hydrogens (primary N) is 1. The summed E-state index contributed by atoms with van der Waals surface area (Å²) in [6, 6.07) is -0.452. The third-order valence-corrected chi connectivity index (χ3v) is 7.01. The van der Waals surface area contributed by atoms with Crippen molar-refractivity contribution in [2.75, 3.05) is 37.4 Å². The van der Waals surface area contributed by atoms with Crippen molar-refractivity contribution in [1.82, 2.24) is 16.0 Å². The molecule has 29 heavy (non-hydrogen) atoms. The highest BCUT2D eigenvalue weighted by atomic mass is 32.2. The van der Waals surface area contributed by atoms with Gasteiger partial charge in [-0.3, -0.25) is 10.1 Å². The summed E-state index contributed by atoms with van der Waals surface area (Å²) in [5.74, 6) is 0.160. The van der Waals surface area contributed by atoms with Crippen LogP contribution in [0.25, 0.3) is 0 Å². The Morgan fingerprint density at radius 3 is 2.62 bits per heavy atom. The summed E-state index contributed by atoms with van der Waals surface area (Å²) in [6.45, 7) is 5.98. The van der Waals surface area contributed by atoms with E-state index in [4.69, 9.17) is 5.73 Å². The molecule has 0 bridgehead atoms. The minimum atomic E-state index is -1.57. The molecular formula is C20H40N4O3S2. The predicted octanol–water partition coefficient (Wildman–Crippen LogP) is 1.13. The molecule has 5 atom stereocenters. The number of hydrogen-bond donors (Lipinski definition) is 6. The van der Waals surface area contributed by atoms with Gasteiger partial charge < -0.3 is 21.5 Å². The van der Waals surface area contributed by atoms with Crippen LogP contribution < -0.4 is 21.7 Å². The molecule has 1 rings (SSSR count). The summed E-state index contributed by atoms with van der Waals surface area (Å²) in [5, 5.41) is 20.0. The number of carbonyl (C=O) groups excluding carboxylic acids is 1. The Labute approximate surface area is 185 Å². The molecule has 6 N–H and O–H groups in total. The second-order valence-electron chi connectivity index (χ2n) is 8.04. The molecule has 0 aliphatic carbocycles. The number of rotatable bonds is 15. The van der Waals surface area contributed by atoms with Crippen LogP contribution in [-0.2, 0) is 9.59 Å². The molecule has 1 heterocycles. The summed E-state index contributed by atoms with van der Waals surface area (Å²) < 4.78 is 0. The summed E-state index contributed by atoms with van der Waals surface area (Å²) >= 11 is 5.78. The van der Waals surface area contributed by atoms with Gasteiger partial charge in [0, 0.05) is 30.9 Å². The molecule has 0 aromatic carbocycles. The van der Waals surface area contributed by atoms with Crippen molar-refractivity contribution in [2.24, 2.45) is 11.7 Å². The van der Waals surface area contributed by atoms with E-state index in [0.29, 0.717) is 36.9 Å². The second-order valence-corrected chi connectivity index (χ2v) is 9.39. The van der Waals surface area contributed by atoms with E-state index in [9.17, 15) is 14.7 Å². The van der Waals surface area contributed by atoms with Gasteiger partial charge in [-0.1, -0.05) is 26.7 Å². The zero-order valence-electron chi connectivity index (χ0n) is 18.1. The van der Waals surface area contributed by atoms with Crippen molar-refractivity contribution < 1.29 is 14.7 Å². The number of hydrogen-bond acceptors (Lipinski definition) is 8. The van der Waals surface area contributed by atoms with Gasteiger partial charge in [-0.2, -0.15) is 24.4 Å². The molecule has 1 fully saturated rings. The average Bonchev–Trinajstić information content (AvgIpc) is 2.74. The maximum atomic E-state index is 13.4. The minimum absolute atomic E-state index is 0.0195. The van der Waals surface area contributed by atoms with Crippen LogP contribution in [0.5, 0.6) is 0 Å². The summed E-state index contributed by atoms with van der Waals surface area (Å²) in [6.07, 6.45) is 5.80. The van der Waals surface area contributed by atoms with E-state index >= 15 is 0 Å². The molecule has 1 saturated heterocycles. The van der Waals surface area contributed by atoms with Gasteiger partial charge in [-0.15, -0.1) is 0 Å². The minimum Gasteiger partial charge on any atom is -0.480 e. The van der Waals surface area contributed by atoms with E-state index < -0.39 is 17.6 Å². The Morgan fingerprint density at radius 1 is 1.38 bits per heavy atom. The van der Waals surface area contributed by atoms with E-state index in [1.165, 1.54) is 0 Å². The normalized spacial score (nSPS) is 22.4. The topological polar surface area (TPSA) is 116 Å². The number of thiol groups is 1. The smallest absolute Gasteiger partial charge is 0.331 e. The average molecular weight is 449 g/mol. The van der Waals surface area contributed by atoms with Crippen molar-refractivity contribution in [3.8, 4) is 0 Å². The lowest BCUT2D eigenvalue weighted by Gasteiger charge is -2.36. The highest BCUT2D eigenvalue weighted by Gasteiger charge is 2.48. The predicted molar refractivity (Wildman–Crippen MR) is 125 cm³/mol. The molecular weight excluding hydrogens is 408 g/mol. The first-order valence-electron chi connectivity index (χ1n) is 10.7. The van der Waals surface area contributed by atoms with Crippen LogP contribution in [0, 0.1) is 5.92 Å². The fourth-order valence-corrected chi connectivity index (χ4v) is 4.26. The van der Waals surface area contributed by atoms with Crippen molar-refractivity contribution >= 4 is 36.1 Å². The quantitative estimate of drug-likeness (QED) is 0.163. The highest BCUT2D eigenvalue weighted by molar-refractivity contribution is 7.98. The number of carboxylic acid groups (broad SMARTS) is 1.